The zero-order chi connectivity index (χ0) is 21.0. The summed E-state index contributed by atoms with van der Waals surface area (Å²) in [6.07, 6.45) is 0.779. The van der Waals surface area contributed by atoms with Gasteiger partial charge in [0.05, 0.1) is 23.2 Å². The van der Waals surface area contributed by atoms with Crippen LogP contribution in [0.2, 0.25) is 0 Å². The molecule has 1 atom stereocenters. The van der Waals surface area contributed by atoms with E-state index in [0.29, 0.717) is 17.7 Å². The summed E-state index contributed by atoms with van der Waals surface area (Å²) in [5.41, 5.74) is 0.728. The monoisotopic (exact) mass is 396 g/mol. The van der Waals surface area contributed by atoms with Crippen molar-refractivity contribution >= 4 is 18.4 Å². The van der Waals surface area contributed by atoms with Crippen LogP contribution in [0.5, 0.6) is 5.75 Å². The minimum absolute atomic E-state index is 0.0224. The zero-order valence-corrected chi connectivity index (χ0v) is 17.5. The van der Waals surface area contributed by atoms with Gasteiger partial charge in [0.15, 0.2) is 5.78 Å². The Morgan fingerprint density at radius 1 is 0.966 bits per heavy atom. The Morgan fingerprint density at radius 2 is 1.59 bits per heavy atom. The summed E-state index contributed by atoms with van der Waals surface area (Å²) in [4.78, 5) is 12.9. The predicted octanol–water partition coefficient (Wildman–Crippen LogP) is 4.09. The number of rotatable bonds is 3. The molecular formula is C23H26BFO4. The molecule has 0 spiro atoms. The van der Waals surface area contributed by atoms with Gasteiger partial charge in [0.2, 0.25) is 0 Å². The lowest BCUT2D eigenvalue weighted by Gasteiger charge is -2.35. The quantitative estimate of drug-likeness (QED) is 0.734. The highest BCUT2D eigenvalue weighted by Crippen LogP contribution is 2.38. The van der Waals surface area contributed by atoms with Crippen LogP contribution >= 0.6 is 0 Å². The third-order valence-corrected chi connectivity index (χ3v) is 6.21. The Morgan fingerprint density at radius 3 is 2.21 bits per heavy atom. The van der Waals surface area contributed by atoms with Crippen molar-refractivity contribution in [1.29, 1.82) is 0 Å². The molecule has 2 aromatic carbocycles. The first-order valence-corrected chi connectivity index (χ1v) is 9.94. The zero-order valence-electron chi connectivity index (χ0n) is 17.5. The number of carbonyl (C=O) groups excluding carboxylic acids is 1. The summed E-state index contributed by atoms with van der Waals surface area (Å²) >= 11 is 0. The van der Waals surface area contributed by atoms with Crippen molar-refractivity contribution in [3.8, 4) is 5.75 Å². The number of carbonyl (C=O) groups is 1. The number of hydrogen-bond acceptors (Lipinski definition) is 4. The largest absolute Gasteiger partial charge is 0.494 e. The van der Waals surface area contributed by atoms with E-state index in [-0.39, 0.29) is 18.0 Å². The maximum absolute atomic E-state index is 13.2. The van der Waals surface area contributed by atoms with E-state index in [2.05, 4.69) is 0 Å². The second-order valence-electron chi connectivity index (χ2n) is 9.30. The van der Waals surface area contributed by atoms with Crippen LogP contribution in [-0.4, -0.2) is 29.7 Å². The standard InChI is InChI=1S/C23H26BFO4/c1-21(2)22(3,4)29-24(28-21)16-8-11-20-18(12-16)19(26)14-23(5,27-20)13-15-6-9-17(25)10-7-15/h6-12H,13-14H2,1-5H3. The first-order chi connectivity index (χ1) is 13.5. The van der Waals surface area contributed by atoms with Crippen LogP contribution in [0.15, 0.2) is 42.5 Å². The molecule has 6 heteroatoms. The van der Waals surface area contributed by atoms with Crippen molar-refractivity contribution in [2.45, 2.75) is 64.3 Å². The van der Waals surface area contributed by atoms with Crippen LogP contribution in [0.3, 0.4) is 0 Å². The molecule has 0 saturated carbocycles. The van der Waals surface area contributed by atoms with Gasteiger partial charge in [-0.1, -0.05) is 18.2 Å². The molecule has 152 valence electrons. The van der Waals surface area contributed by atoms with E-state index in [1.54, 1.807) is 12.1 Å². The summed E-state index contributed by atoms with van der Waals surface area (Å²) in [7, 11) is -0.523. The number of Topliss-reactive ketones (excluding diaryl/α,β-unsaturated/α-hetero) is 1. The maximum atomic E-state index is 13.2. The topological polar surface area (TPSA) is 44.8 Å². The Balaban J connectivity index is 1.57. The van der Waals surface area contributed by atoms with Crippen LogP contribution in [0.25, 0.3) is 0 Å². The molecule has 0 aromatic heterocycles. The smallest absolute Gasteiger partial charge is 0.486 e. The highest BCUT2D eigenvalue weighted by molar-refractivity contribution is 6.62. The second kappa shape index (κ2) is 6.68. The molecule has 2 aromatic rings. The Hall–Kier alpha value is -2.18. The molecule has 0 bridgehead atoms. The highest BCUT2D eigenvalue weighted by Gasteiger charge is 2.52. The first-order valence-electron chi connectivity index (χ1n) is 9.94. The Labute approximate surface area is 171 Å². The van der Waals surface area contributed by atoms with E-state index in [1.165, 1.54) is 12.1 Å². The summed E-state index contributed by atoms with van der Waals surface area (Å²) in [5.74, 6) is 0.306. The first kappa shape index (κ1) is 20.1. The van der Waals surface area contributed by atoms with Gasteiger partial charge in [0, 0.05) is 6.42 Å². The minimum atomic E-state index is -0.673. The van der Waals surface area contributed by atoms with Crippen molar-refractivity contribution in [3.05, 3.63) is 59.4 Å². The van der Waals surface area contributed by atoms with E-state index >= 15 is 0 Å². The third kappa shape index (κ3) is 3.71. The van der Waals surface area contributed by atoms with Gasteiger partial charge in [0.1, 0.15) is 17.2 Å². The fourth-order valence-electron chi connectivity index (χ4n) is 3.85. The lowest BCUT2D eigenvalue weighted by molar-refractivity contribution is 0.00578. The highest BCUT2D eigenvalue weighted by atomic mass is 19.1. The molecule has 0 amide bonds. The van der Waals surface area contributed by atoms with Gasteiger partial charge in [-0.05, 0) is 69.9 Å². The van der Waals surface area contributed by atoms with Gasteiger partial charge in [-0.15, -0.1) is 0 Å². The predicted molar refractivity (Wildman–Crippen MR) is 110 cm³/mol. The molecule has 0 aliphatic carbocycles. The number of ketones is 1. The molecule has 1 fully saturated rings. The number of fused-ring (bicyclic) bond motifs is 1. The number of hydrogen-bond donors (Lipinski definition) is 0. The summed E-state index contributed by atoms with van der Waals surface area (Å²) in [6, 6.07) is 11.8. The van der Waals surface area contributed by atoms with Crippen LogP contribution in [0, 0.1) is 5.82 Å². The number of ether oxygens (including phenoxy) is 1. The van der Waals surface area contributed by atoms with Crippen molar-refractivity contribution in [2.24, 2.45) is 0 Å². The van der Waals surface area contributed by atoms with Gasteiger partial charge in [-0.2, -0.15) is 0 Å². The average Bonchev–Trinajstić information content (AvgIpc) is 2.84. The Bertz CT molecular complexity index is 938. The van der Waals surface area contributed by atoms with E-state index < -0.39 is 23.9 Å². The third-order valence-electron chi connectivity index (χ3n) is 6.21. The van der Waals surface area contributed by atoms with E-state index in [4.69, 9.17) is 14.0 Å². The SMILES string of the molecule is CC1(Cc2ccc(F)cc2)CC(=O)c2cc(B3OC(C)(C)C(C)(C)O3)ccc2O1. The molecule has 1 unspecified atom stereocenters. The molecule has 29 heavy (non-hydrogen) atoms. The normalized spacial score (nSPS) is 24.9. The molecule has 0 radical (unpaired) electrons. The van der Waals surface area contributed by atoms with Crippen LogP contribution in [0.1, 0.15) is 57.0 Å². The molecule has 1 saturated heterocycles. The average molecular weight is 396 g/mol. The van der Waals surface area contributed by atoms with Crippen LogP contribution in [-0.2, 0) is 15.7 Å². The lowest BCUT2D eigenvalue weighted by atomic mass is 9.76. The van der Waals surface area contributed by atoms with Crippen molar-refractivity contribution < 1.29 is 23.2 Å². The second-order valence-corrected chi connectivity index (χ2v) is 9.30. The van der Waals surface area contributed by atoms with Crippen LogP contribution < -0.4 is 10.2 Å². The minimum Gasteiger partial charge on any atom is -0.486 e. The molecule has 2 heterocycles. The maximum Gasteiger partial charge on any atom is 0.494 e. The van der Waals surface area contributed by atoms with E-state index in [0.717, 1.165) is 11.0 Å². The Kier molecular flexibility index (Phi) is 4.63. The molecule has 0 N–H and O–H groups in total. The summed E-state index contributed by atoms with van der Waals surface area (Å²) in [5, 5.41) is 0. The van der Waals surface area contributed by atoms with Crippen molar-refractivity contribution in [3.63, 3.8) is 0 Å². The molecular weight excluding hydrogens is 370 g/mol. The van der Waals surface area contributed by atoms with Gasteiger partial charge in [-0.3, -0.25) is 4.79 Å². The molecule has 4 rings (SSSR count). The molecule has 2 aliphatic rings. The van der Waals surface area contributed by atoms with Gasteiger partial charge in [-0.25, -0.2) is 4.39 Å². The van der Waals surface area contributed by atoms with E-state index in [1.807, 2.05) is 52.8 Å². The summed E-state index contributed by atoms with van der Waals surface area (Å²) in [6.45, 7) is 9.92. The molecule has 2 aliphatic heterocycles. The van der Waals surface area contributed by atoms with Crippen molar-refractivity contribution in [1.82, 2.24) is 0 Å². The number of halogens is 1. The fraction of sp³-hybridized carbons (Fsp3) is 0.435. The fourth-order valence-corrected chi connectivity index (χ4v) is 3.85. The number of benzene rings is 2. The van der Waals surface area contributed by atoms with Gasteiger partial charge < -0.3 is 14.0 Å². The molecule has 4 nitrogen and oxygen atoms in total. The van der Waals surface area contributed by atoms with Gasteiger partial charge >= 0.3 is 7.12 Å². The van der Waals surface area contributed by atoms with E-state index in [9.17, 15) is 9.18 Å². The lowest BCUT2D eigenvalue weighted by Crippen LogP contribution is -2.42. The van der Waals surface area contributed by atoms with Crippen LogP contribution in [0.4, 0.5) is 4.39 Å². The summed E-state index contributed by atoms with van der Waals surface area (Å²) < 4.78 is 31.6. The van der Waals surface area contributed by atoms with Gasteiger partial charge in [0.25, 0.3) is 0 Å². The van der Waals surface area contributed by atoms with Crippen molar-refractivity contribution in [2.75, 3.05) is 0 Å².